The molecule has 0 saturated carbocycles. The van der Waals surface area contributed by atoms with Gasteiger partial charge in [0.15, 0.2) is 10.8 Å². The molecule has 0 fully saturated rings. The zero-order valence-corrected chi connectivity index (χ0v) is 16.7. The SMILES string of the molecule is COc1ccc(OCCCSc2nc3c(cnn3-c3ccccc3)c(=O)[nH]2)cc1. The zero-order chi connectivity index (χ0) is 20.1. The molecule has 8 heteroatoms. The van der Waals surface area contributed by atoms with Crippen LogP contribution >= 0.6 is 11.8 Å². The third-order valence-electron chi connectivity index (χ3n) is 4.27. The van der Waals surface area contributed by atoms with E-state index < -0.39 is 0 Å². The van der Waals surface area contributed by atoms with Crippen LogP contribution in [0.2, 0.25) is 0 Å². The van der Waals surface area contributed by atoms with Gasteiger partial charge in [0.25, 0.3) is 5.56 Å². The maximum absolute atomic E-state index is 12.4. The van der Waals surface area contributed by atoms with E-state index in [0.717, 1.165) is 29.4 Å². The molecule has 2 aromatic heterocycles. The smallest absolute Gasteiger partial charge is 0.262 e. The van der Waals surface area contributed by atoms with E-state index in [4.69, 9.17) is 9.47 Å². The number of hydrogen-bond donors (Lipinski definition) is 1. The summed E-state index contributed by atoms with van der Waals surface area (Å²) in [5, 5.41) is 5.37. The van der Waals surface area contributed by atoms with Gasteiger partial charge in [0.1, 0.15) is 16.9 Å². The minimum Gasteiger partial charge on any atom is -0.497 e. The summed E-state index contributed by atoms with van der Waals surface area (Å²) in [6.45, 7) is 0.577. The van der Waals surface area contributed by atoms with E-state index in [2.05, 4.69) is 15.1 Å². The van der Waals surface area contributed by atoms with E-state index in [9.17, 15) is 4.79 Å². The first kappa shape index (κ1) is 19.1. The number of aromatic amines is 1. The highest BCUT2D eigenvalue weighted by Crippen LogP contribution is 2.20. The largest absolute Gasteiger partial charge is 0.497 e. The fourth-order valence-electron chi connectivity index (χ4n) is 2.81. The van der Waals surface area contributed by atoms with Crippen LogP contribution in [0.15, 0.2) is 70.7 Å². The van der Waals surface area contributed by atoms with Gasteiger partial charge < -0.3 is 14.5 Å². The number of rotatable bonds is 8. The lowest BCUT2D eigenvalue weighted by Gasteiger charge is -2.07. The van der Waals surface area contributed by atoms with Crippen molar-refractivity contribution in [3.63, 3.8) is 0 Å². The summed E-state index contributed by atoms with van der Waals surface area (Å²) >= 11 is 1.49. The van der Waals surface area contributed by atoms with Crippen molar-refractivity contribution in [1.29, 1.82) is 0 Å². The van der Waals surface area contributed by atoms with Crippen LogP contribution in [0.5, 0.6) is 11.5 Å². The highest BCUT2D eigenvalue weighted by Gasteiger charge is 2.11. The number of nitrogens with zero attached hydrogens (tertiary/aromatic N) is 3. The number of aromatic nitrogens is 4. The standard InChI is InChI=1S/C21H20N4O3S/c1-27-16-8-10-17(11-9-16)28-12-5-13-29-21-23-19-18(20(26)24-21)14-22-25(19)15-6-3-2-4-7-15/h2-4,6-11,14H,5,12-13H2,1H3,(H,23,24,26). The minimum atomic E-state index is -0.186. The second kappa shape index (κ2) is 8.83. The predicted octanol–water partition coefficient (Wildman–Crippen LogP) is 3.68. The highest BCUT2D eigenvalue weighted by molar-refractivity contribution is 7.99. The predicted molar refractivity (Wildman–Crippen MR) is 113 cm³/mol. The Bertz CT molecular complexity index is 1140. The van der Waals surface area contributed by atoms with Crippen molar-refractivity contribution in [2.24, 2.45) is 0 Å². The van der Waals surface area contributed by atoms with Gasteiger partial charge in [-0.15, -0.1) is 0 Å². The molecule has 148 valence electrons. The molecule has 0 saturated heterocycles. The molecule has 4 aromatic rings. The number of para-hydroxylation sites is 1. The Kier molecular flexibility index (Phi) is 5.81. The lowest BCUT2D eigenvalue weighted by Crippen LogP contribution is -2.10. The monoisotopic (exact) mass is 408 g/mol. The Morgan fingerprint density at radius 2 is 1.83 bits per heavy atom. The first-order valence-electron chi connectivity index (χ1n) is 9.18. The van der Waals surface area contributed by atoms with E-state index in [-0.39, 0.29) is 5.56 Å². The summed E-state index contributed by atoms with van der Waals surface area (Å²) < 4.78 is 12.5. The van der Waals surface area contributed by atoms with Crippen LogP contribution in [0, 0.1) is 0 Å². The van der Waals surface area contributed by atoms with Crippen molar-refractivity contribution in [1.82, 2.24) is 19.7 Å². The second-order valence-corrected chi connectivity index (χ2v) is 7.31. The first-order chi connectivity index (χ1) is 14.2. The van der Waals surface area contributed by atoms with Crippen LogP contribution in [-0.2, 0) is 0 Å². The van der Waals surface area contributed by atoms with Crippen molar-refractivity contribution in [3.8, 4) is 17.2 Å². The van der Waals surface area contributed by atoms with E-state index >= 15 is 0 Å². The molecule has 0 spiro atoms. The van der Waals surface area contributed by atoms with E-state index in [0.29, 0.717) is 22.8 Å². The molecular formula is C21H20N4O3S. The number of ether oxygens (including phenoxy) is 2. The average Bonchev–Trinajstić information content (AvgIpc) is 3.19. The average molecular weight is 408 g/mol. The van der Waals surface area contributed by atoms with Crippen molar-refractivity contribution >= 4 is 22.8 Å². The molecule has 2 aromatic carbocycles. The summed E-state index contributed by atoms with van der Waals surface area (Å²) in [7, 11) is 1.63. The fraction of sp³-hybridized carbons (Fsp3) is 0.190. The third-order valence-corrected chi connectivity index (χ3v) is 5.23. The van der Waals surface area contributed by atoms with Crippen molar-refractivity contribution < 1.29 is 9.47 Å². The number of hydrogen-bond acceptors (Lipinski definition) is 6. The van der Waals surface area contributed by atoms with Gasteiger partial charge in [0, 0.05) is 5.75 Å². The molecule has 0 aliphatic carbocycles. The fourth-order valence-corrected chi connectivity index (χ4v) is 3.59. The first-order valence-corrected chi connectivity index (χ1v) is 10.2. The molecule has 2 heterocycles. The minimum absolute atomic E-state index is 0.186. The maximum atomic E-state index is 12.4. The Labute approximate surface area is 171 Å². The van der Waals surface area contributed by atoms with Crippen LogP contribution in [0.25, 0.3) is 16.7 Å². The third kappa shape index (κ3) is 4.43. The second-order valence-electron chi connectivity index (χ2n) is 6.23. The van der Waals surface area contributed by atoms with E-state index in [1.807, 2.05) is 54.6 Å². The topological polar surface area (TPSA) is 82.0 Å². The molecule has 0 amide bonds. The normalized spacial score (nSPS) is 10.9. The van der Waals surface area contributed by atoms with Gasteiger partial charge in [-0.2, -0.15) is 5.10 Å². The van der Waals surface area contributed by atoms with Gasteiger partial charge in [0.2, 0.25) is 0 Å². The highest BCUT2D eigenvalue weighted by atomic mass is 32.2. The molecule has 29 heavy (non-hydrogen) atoms. The molecule has 0 unspecified atom stereocenters. The molecular weight excluding hydrogens is 388 g/mol. The molecule has 0 aliphatic heterocycles. The Hall–Kier alpha value is -3.26. The van der Waals surface area contributed by atoms with Gasteiger partial charge >= 0.3 is 0 Å². The van der Waals surface area contributed by atoms with Gasteiger partial charge in [-0.25, -0.2) is 9.67 Å². The van der Waals surface area contributed by atoms with Crippen molar-refractivity contribution in [2.75, 3.05) is 19.5 Å². The summed E-state index contributed by atoms with van der Waals surface area (Å²) in [6, 6.07) is 17.1. The van der Waals surface area contributed by atoms with Gasteiger partial charge in [-0.1, -0.05) is 30.0 Å². The molecule has 1 N–H and O–H groups in total. The summed E-state index contributed by atoms with van der Waals surface area (Å²) in [6.07, 6.45) is 2.36. The summed E-state index contributed by atoms with van der Waals surface area (Å²) in [5.74, 6) is 2.37. The van der Waals surface area contributed by atoms with E-state index in [1.165, 1.54) is 11.8 Å². The Morgan fingerprint density at radius 1 is 1.07 bits per heavy atom. The number of nitrogens with one attached hydrogen (secondary N) is 1. The van der Waals surface area contributed by atoms with Crippen LogP contribution in [-0.4, -0.2) is 39.2 Å². The Balaban J connectivity index is 1.38. The zero-order valence-electron chi connectivity index (χ0n) is 15.9. The van der Waals surface area contributed by atoms with Gasteiger partial charge in [0.05, 0.1) is 25.6 Å². The van der Waals surface area contributed by atoms with Crippen LogP contribution < -0.4 is 15.0 Å². The molecule has 7 nitrogen and oxygen atoms in total. The maximum Gasteiger partial charge on any atom is 0.262 e. The molecule has 0 aliphatic rings. The molecule has 0 atom stereocenters. The van der Waals surface area contributed by atoms with Gasteiger partial charge in [-0.3, -0.25) is 4.79 Å². The van der Waals surface area contributed by atoms with Crippen LogP contribution in [0.1, 0.15) is 6.42 Å². The van der Waals surface area contributed by atoms with Crippen molar-refractivity contribution in [3.05, 3.63) is 71.1 Å². The number of H-pyrrole nitrogens is 1. The summed E-state index contributed by atoms with van der Waals surface area (Å²) in [5.41, 5.74) is 1.23. The lowest BCUT2D eigenvalue weighted by atomic mass is 10.3. The quantitative estimate of drug-likeness (QED) is 0.272. The van der Waals surface area contributed by atoms with Crippen molar-refractivity contribution in [2.45, 2.75) is 11.6 Å². The van der Waals surface area contributed by atoms with Crippen LogP contribution in [0.4, 0.5) is 0 Å². The van der Waals surface area contributed by atoms with Gasteiger partial charge in [-0.05, 0) is 42.8 Å². The summed E-state index contributed by atoms with van der Waals surface area (Å²) in [4.78, 5) is 19.8. The molecule has 4 rings (SSSR count). The molecule has 0 bridgehead atoms. The number of thioether (sulfide) groups is 1. The molecule has 0 radical (unpaired) electrons. The Morgan fingerprint density at radius 3 is 2.59 bits per heavy atom. The lowest BCUT2D eigenvalue weighted by molar-refractivity contribution is 0.318. The van der Waals surface area contributed by atoms with Crippen LogP contribution in [0.3, 0.4) is 0 Å². The number of methoxy groups -OCH3 is 1. The number of benzene rings is 2. The van der Waals surface area contributed by atoms with E-state index in [1.54, 1.807) is 18.0 Å². The number of fused-ring (bicyclic) bond motifs is 1.